The summed E-state index contributed by atoms with van der Waals surface area (Å²) in [6.45, 7) is 5.14. The number of ether oxygens (including phenoxy) is 3. The minimum Gasteiger partial charge on any atom is -0.493 e. The highest BCUT2D eigenvalue weighted by Gasteiger charge is 2.28. The van der Waals surface area contributed by atoms with E-state index in [1.807, 2.05) is 67.3 Å². The second kappa shape index (κ2) is 8.32. The number of pyridine rings is 1. The smallest absolute Gasteiger partial charge is 0.254 e. The minimum atomic E-state index is -0.00248. The van der Waals surface area contributed by atoms with Gasteiger partial charge in [-0.3, -0.25) is 4.79 Å². The van der Waals surface area contributed by atoms with Crippen LogP contribution in [0.25, 0.3) is 22.2 Å². The normalized spacial score (nSPS) is 19.0. The summed E-state index contributed by atoms with van der Waals surface area (Å²) in [6.07, 6.45) is 0.0206. The zero-order valence-corrected chi connectivity index (χ0v) is 17.7. The highest BCUT2D eigenvalue weighted by molar-refractivity contribution is 6.07. The molecule has 156 valence electrons. The Bertz CT molecular complexity index is 1070. The molecule has 2 atom stereocenters. The van der Waals surface area contributed by atoms with Gasteiger partial charge in [0.15, 0.2) is 11.5 Å². The first-order chi connectivity index (χ1) is 14.5. The fraction of sp³-hybridized carbons (Fsp3) is 0.333. The van der Waals surface area contributed by atoms with E-state index in [1.54, 1.807) is 14.2 Å². The van der Waals surface area contributed by atoms with Crippen LogP contribution in [0, 0.1) is 0 Å². The molecule has 4 rings (SSSR count). The molecule has 2 aromatic carbocycles. The van der Waals surface area contributed by atoms with Gasteiger partial charge in [0.05, 0.1) is 43.2 Å². The lowest BCUT2D eigenvalue weighted by Crippen LogP contribution is -2.48. The van der Waals surface area contributed by atoms with E-state index in [-0.39, 0.29) is 18.1 Å². The Morgan fingerprint density at radius 2 is 1.70 bits per heavy atom. The summed E-state index contributed by atoms with van der Waals surface area (Å²) in [6, 6.07) is 15.3. The number of amides is 1. The van der Waals surface area contributed by atoms with Crippen LogP contribution in [-0.2, 0) is 4.74 Å². The number of rotatable bonds is 4. The number of hydrogen-bond donors (Lipinski definition) is 0. The van der Waals surface area contributed by atoms with Crippen LogP contribution < -0.4 is 9.47 Å². The highest BCUT2D eigenvalue weighted by Crippen LogP contribution is 2.33. The van der Waals surface area contributed by atoms with Crippen molar-refractivity contribution in [1.82, 2.24) is 9.88 Å². The molecule has 0 unspecified atom stereocenters. The van der Waals surface area contributed by atoms with Crippen molar-refractivity contribution in [2.75, 3.05) is 27.3 Å². The zero-order chi connectivity index (χ0) is 21.3. The summed E-state index contributed by atoms with van der Waals surface area (Å²) in [4.78, 5) is 20.2. The Labute approximate surface area is 176 Å². The van der Waals surface area contributed by atoms with Crippen molar-refractivity contribution in [2.45, 2.75) is 26.1 Å². The van der Waals surface area contributed by atoms with Crippen molar-refractivity contribution >= 4 is 16.8 Å². The molecule has 1 amide bonds. The predicted molar refractivity (Wildman–Crippen MR) is 116 cm³/mol. The summed E-state index contributed by atoms with van der Waals surface area (Å²) in [5, 5.41) is 0.846. The molecule has 1 aromatic heterocycles. The van der Waals surface area contributed by atoms with E-state index in [1.165, 1.54) is 0 Å². The summed E-state index contributed by atoms with van der Waals surface area (Å²) in [5.41, 5.74) is 3.00. The minimum absolute atomic E-state index is 0.00248. The molecule has 0 N–H and O–H groups in total. The van der Waals surface area contributed by atoms with E-state index in [0.717, 1.165) is 16.5 Å². The van der Waals surface area contributed by atoms with Crippen LogP contribution in [0.1, 0.15) is 24.2 Å². The van der Waals surface area contributed by atoms with Crippen molar-refractivity contribution in [1.29, 1.82) is 0 Å². The van der Waals surface area contributed by atoms with Gasteiger partial charge in [-0.25, -0.2) is 4.98 Å². The van der Waals surface area contributed by atoms with Gasteiger partial charge in [0.25, 0.3) is 5.91 Å². The van der Waals surface area contributed by atoms with E-state index in [0.29, 0.717) is 35.8 Å². The van der Waals surface area contributed by atoms with Gasteiger partial charge < -0.3 is 19.1 Å². The van der Waals surface area contributed by atoms with E-state index in [9.17, 15) is 4.79 Å². The van der Waals surface area contributed by atoms with Gasteiger partial charge in [0, 0.05) is 24.0 Å². The summed E-state index contributed by atoms with van der Waals surface area (Å²) in [5.74, 6) is 1.26. The van der Waals surface area contributed by atoms with Crippen molar-refractivity contribution in [3.05, 3.63) is 54.1 Å². The lowest BCUT2D eigenvalue weighted by molar-refractivity contribution is -0.0585. The number of methoxy groups -OCH3 is 2. The maximum atomic E-state index is 13.5. The molecule has 2 heterocycles. The lowest BCUT2D eigenvalue weighted by Gasteiger charge is -2.35. The number of fused-ring (bicyclic) bond motifs is 1. The maximum absolute atomic E-state index is 13.5. The summed E-state index contributed by atoms with van der Waals surface area (Å²) < 4.78 is 16.6. The molecule has 0 saturated carbocycles. The molecule has 1 aliphatic heterocycles. The lowest BCUT2D eigenvalue weighted by atomic mass is 10.0. The van der Waals surface area contributed by atoms with Gasteiger partial charge in [0.2, 0.25) is 0 Å². The summed E-state index contributed by atoms with van der Waals surface area (Å²) in [7, 11) is 3.21. The third kappa shape index (κ3) is 3.83. The highest BCUT2D eigenvalue weighted by atomic mass is 16.5. The van der Waals surface area contributed by atoms with Gasteiger partial charge in [0.1, 0.15) is 0 Å². The first-order valence-corrected chi connectivity index (χ1v) is 10.1. The van der Waals surface area contributed by atoms with Crippen LogP contribution in [0.2, 0.25) is 0 Å². The van der Waals surface area contributed by atoms with Crippen LogP contribution in [0.5, 0.6) is 11.5 Å². The molecular formula is C24H26N2O4. The molecule has 6 heteroatoms. The number of carbonyl (C=O) groups is 1. The Balaban J connectivity index is 1.81. The van der Waals surface area contributed by atoms with E-state index in [2.05, 4.69) is 0 Å². The SMILES string of the molecule is COc1ccc(-c2cc(C(=O)N3C[C@@H](C)O[C@H](C)C3)c3ccccc3n2)cc1OC. The Kier molecular flexibility index (Phi) is 5.59. The number of nitrogens with zero attached hydrogens (tertiary/aromatic N) is 2. The Morgan fingerprint density at radius 1 is 1.00 bits per heavy atom. The van der Waals surface area contributed by atoms with Gasteiger partial charge in [-0.15, -0.1) is 0 Å². The Morgan fingerprint density at radius 3 is 2.40 bits per heavy atom. The number of para-hydroxylation sites is 1. The standard InChI is InChI=1S/C24H26N2O4/c1-15-13-26(14-16(2)30-15)24(27)19-12-21(25-20-8-6-5-7-18(19)20)17-9-10-22(28-3)23(11-17)29-4/h5-12,15-16H,13-14H2,1-4H3/t15-,16-/m1/s1. The monoisotopic (exact) mass is 406 g/mol. The second-order valence-electron chi connectivity index (χ2n) is 7.61. The largest absolute Gasteiger partial charge is 0.493 e. The predicted octanol–water partition coefficient (Wildman–Crippen LogP) is 4.17. The van der Waals surface area contributed by atoms with Crippen LogP contribution in [0.4, 0.5) is 0 Å². The quantitative estimate of drug-likeness (QED) is 0.651. The zero-order valence-electron chi connectivity index (χ0n) is 17.7. The molecule has 3 aromatic rings. The number of morpholine rings is 1. The van der Waals surface area contributed by atoms with Crippen LogP contribution >= 0.6 is 0 Å². The average molecular weight is 406 g/mol. The molecule has 6 nitrogen and oxygen atoms in total. The van der Waals surface area contributed by atoms with Gasteiger partial charge in [-0.2, -0.15) is 0 Å². The molecule has 0 spiro atoms. The number of aromatic nitrogens is 1. The molecule has 0 aliphatic carbocycles. The molecule has 1 fully saturated rings. The topological polar surface area (TPSA) is 60.9 Å². The molecule has 0 radical (unpaired) electrons. The first kappa shape index (κ1) is 20.2. The van der Waals surface area contributed by atoms with Crippen molar-refractivity contribution in [3.63, 3.8) is 0 Å². The number of carbonyl (C=O) groups excluding carboxylic acids is 1. The third-order valence-corrected chi connectivity index (χ3v) is 5.33. The van der Waals surface area contributed by atoms with Crippen molar-refractivity contribution < 1.29 is 19.0 Å². The molecule has 1 aliphatic rings. The van der Waals surface area contributed by atoms with Gasteiger partial charge in [-0.1, -0.05) is 18.2 Å². The fourth-order valence-corrected chi connectivity index (χ4v) is 4.01. The third-order valence-electron chi connectivity index (χ3n) is 5.33. The van der Waals surface area contributed by atoms with E-state index >= 15 is 0 Å². The first-order valence-electron chi connectivity index (χ1n) is 10.1. The fourth-order valence-electron chi connectivity index (χ4n) is 4.01. The van der Waals surface area contributed by atoms with Crippen molar-refractivity contribution in [2.24, 2.45) is 0 Å². The second-order valence-corrected chi connectivity index (χ2v) is 7.61. The molecular weight excluding hydrogens is 380 g/mol. The van der Waals surface area contributed by atoms with Crippen LogP contribution in [0.15, 0.2) is 48.5 Å². The summed E-state index contributed by atoms with van der Waals surface area (Å²) >= 11 is 0. The molecule has 1 saturated heterocycles. The van der Waals surface area contributed by atoms with Crippen LogP contribution in [-0.4, -0.2) is 55.3 Å². The van der Waals surface area contributed by atoms with Crippen LogP contribution in [0.3, 0.4) is 0 Å². The number of hydrogen-bond acceptors (Lipinski definition) is 5. The van der Waals surface area contributed by atoms with Crippen molar-refractivity contribution in [3.8, 4) is 22.8 Å². The van der Waals surface area contributed by atoms with E-state index < -0.39 is 0 Å². The molecule has 30 heavy (non-hydrogen) atoms. The van der Waals surface area contributed by atoms with Gasteiger partial charge in [-0.05, 0) is 44.2 Å². The van der Waals surface area contributed by atoms with Gasteiger partial charge >= 0.3 is 0 Å². The van der Waals surface area contributed by atoms with E-state index in [4.69, 9.17) is 19.2 Å². The maximum Gasteiger partial charge on any atom is 0.254 e. The Hall–Kier alpha value is -3.12. The number of benzene rings is 2. The molecule has 0 bridgehead atoms. The average Bonchev–Trinajstić information content (AvgIpc) is 2.76.